The third-order valence-electron chi connectivity index (χ3n) is 3.56. The number of sulfonamides is 1. The van der Waals surface area contributed by atoms with Gasteiger partial charge in [-0.2, -0.15) is 13.2 Å². The predicted octanol–water partition coefficient (Wildman–Crippen LogP) is 4.40. The summed E-state index contributed by atoms with van der Waals surface area (Å²) >= 11 is 0. The first-order valence-corrected chi connectivity index (χ1v) is 9.24. The molecule has 6 nitrogen and oxygen atoms in total. The largest absolute Gasteiger partial charge is 0.507 e. The molecule has 146 valence electrons. The molecule has 0 bridgehead atoms. The van der Waals surface area contributed by atoms with E-state index in [2.05, 4.69) is 9.71 Å². The number of rotatable bonds is 5. The second kappa shape index (κ2) is 7.39. The summed E-state index contributed by atoms with van der Waals surface area (Å²) in [7, 11) is -4.08. The van der Waals surface area contributed by atoms with Crippen LogP contribution in [0.5, 0.6) is 17.2 Å². The summed E-state index contributed by atoms with van der Waals surface area (Å²) < 4.78 is 70.4. The Morgan fingerprint density at radius 2 is 1.71 bits per heavy atom. The Balaban J connectivity index is 1.77. The van der Waals surface area contributed by atoms with Crippen LogP contribution < -0.4 is 9.46 Å². The third kappa shape index (κ3) is 4.52. The van der Waals surface area contributed by atoms with Crippen molar-refractivity contribution in [2.45, 2.75) is 11.1 Å². The molecule has 0 aliphatic carbocycles. The van der Waals surface area contributed by atoms with Crippen molar-refractivity contribution < 1.29 is 31.4 Å². The molecule has 28 heavy (non-hydrogen) atoms. The van der Waals surface area contributed by atoms with E-state index < -0.39 is 27.5 Å². The molecule has 0 spiro atoms. The minimum Gasteiger partial charge on any atom is -0.507 e. The van der Waals surface area contributed by atoms with E-state index >= 15 is 0 Å². The number of alkyl halides is 3. The van der Waals surface area contributed by atoms with Gasteiger partial charge in [-0.1, -0.05) is 0 Å². The first kappa shape index (κ1) is 19.5. The fourth-order valence-electron chi connectivity index (χ4n) is 2.28. The molecular weight excluding hydrogens is 397 g/mol. The quantitative estimate of drug-likeness (QED) is 0.651. The predicted molar refractivity (Wildman–Crippen MR) is 94.7 cm³/mol. The maximum Gasteiger partial charge on any atom is 0.419 e. The summed E-state index contributed by atoms with van der Waals surface area (Å²) in [6.45, 7) is 0. The van der Waals surface area contributed by atoms with Crippen LogP contribution in [-0.2, 0) is 16.2 Å². The molecule has 2 aromatic carbocycles. The summed E-state index contributed by atoms with van der Waals surface area (Å²) in [5.41, 5.74) is -1.46. The lowest BCUT2D eigenvalue weighted by molar-refractivity contribution is -0.138. The molecule has 1 aromatic heterocycles. The zero-order valence-electron chi connectivity index (χ0n) is 14.0. The molecule has 3 aromatic rings. The molecular formula is C18H13F3N2O4S. The number of phenolic OH excluding ortho intramolecular Hbond substituents is 1. The van der Waals surface area contributed by atoms with E-state index in [0.29, 0.717) is 23.6 Å². The van der Waals surface area contributed by atoms with Crippen LogP contribution in [0.4, 0.5) is 18.9 Å². The second-order valence-electron chi connectivity index (χ2n) is 5.60. The van der Waals surface area contributed by atoms with Crippen molar-refractivity contribution in [2.75, 3.05) is 4.72 Å². The van der Waals surface area contributed by atoms with Gasteiger partial charge in [0.25, 0.3) is 10.0 Å². The highest BCUT2D eigenvalue weighted by atomic mass is 32.2. The lowest BCUT2D eigenvalue weighted by Crippen LogP contribution is -2.13. The zero-order chi connectivity index (χ0) is 20.4. The van der Waals surface area contributed by atoms with Crippen LogP contribution in [0, 0.1) is 0 Å². The number of hydrogen-bond acceptors (Lipinski definition) is 5. The number of ether oxygens (including phenoxy) is 1. The average Bonchev–Trinajstić information content (AvgIpc) is 2.61. The van der Waals surface area contributed by atoms with Crippen LogP contribution in [-0.4, -0.2) is 18.5 Å². The summed E-state index contributed by atoms with van der Waals surface area (Å²) in [6, 6.07) is 11.0. The summed E-state index contributed by atoms with van der Waals surface area (Å²) in [4.78, 5) is 3.76. The Labute approximate surface area is 158 Å². The SMILES string of the molecule is O=S(=O)(Nc1ccc(C(F)(F)F)c(O)c1)c1ccc(Oc2cccnc2)cc1. The van der Waals surface area contributed by atoms with Crippen molar-refractivity contribution in [3.8, 4) is 17.2 Å². The monoisotopic (exact) mass is 410 g/mol. The Hall–Kier alpha value is -3.27. The van der Waals surface area contributed by atoms with E-state index in [-0.39, 0.29) is 10.6 Å². The molecule has 2 N–H and O–H groups in total. The van der Waals surface area contributed by atoms with Gasteiger partial charge in [-0.25, -0.2) is 8.42 Å². The maximum absolute atomic E-state index is 12.7. The van der Waals surface area contributed by atoms with E-state index in [1.54, 1.807) is 18.3 Å². The average molecular weight is 410 g/mol. The van der Waals surface area contributed by atoms with Crippen molar-refractivity contribution in [3.63, 3.8) is 0 Å². The van der Waals surface area contributed by atoms with Crippen LogP contribution in [0.3, 0.4) is 0 Å². The molecule has 0 radical (unpaired) electrons. The Morgan fingerprint density at radius 3 is 2.29 bits per heavy atom. The van der Waals surface area contributed by atoms with E-state index in [4.69, 9.17) is 4.74 Å². The van der Waals surface area contributed by atoms with Gasteiger partial charge in [-0.05, 0) is 48.5 Å². The minimum absolute atomic E-state index is 0.134. The molecule has 0 amide bonds. The van der Waals surface area contributed by atoms with E-state index in [1.165, 1.54) is 30.5 Å². The number of nitrogens with one attached hydrogen (secondary N) is 1. The number of halogens is 3. The highest BCUT2D eigenvalue weighted by molar-refractivity contribution is 7.92. The summed E-state index contributed by atoms with van der Waals surface area (Å²) in [5, 5.41) is 9.49. The summed E-state index contributed by atoms with van der Waals surface area (Å²) in [6.07, 6.45) is -1.68. The van der Waals surface area contributed by atoms with Gasteiger partial charge in [0.2, 0.25) is 0 Å². The van der Waals surface area contributed by atoms with Gasteiger partial charge < -0.3 is 9.84 Å². The highest BCUT2D eigenvalue weighted by Gasteiger charge is 2.33. The van der Waals surface area contributed by atoms with Gasteiger partial charge in [-0.15, -0.1) is 0 Å². The standard InChI is InChI=1S/C18H13F3N2O4S/c19-18(20,21)16-8-3-12(10-17(16)24)23-28(25,26)15-6-4-13(5-7-15)27-14-2-1-9-22-11-14/h1-11,23-24H. The van der Waals surface area contributed by atoms with Gasteiger partial charge in [0.15, 0.2) is 0 Å². The summed E-state index contributed by atoms with van der Waals surface area (Å²) in [5.74, 6) is -0.233. The number of benzene rings is 2. The second-order valence-corrected chi connectivity index (χ2v) is 7.28. The third-order valence-corrected chi connectivity index (χ3v) is 4.96. The number of pyridine rings is 1. The van der Waals surface area contributed by atoms with Crippen LogP contribution in [0.1, 0.15) is 5.56 Å². The highest BCUT2D eigenvalue weighted by Crippen LogP contribution is 2.37. The molecule has 0 aliphatic heterocycles. The van der Waals surface area contributed by atoms with Crippen molar-refractivity contribution >= 4 is 15.7 Å². The molecule has 0 unspecified atom stereocenters. The van der Waals surface area contributed by atoms with Crippen molar-refractivity contribution in [1.29, 1.82) is 0 Å². The molecule has 0 saturated carbocycles. The fourth-order valence-corrected chi connectivity index (χ4v) is 3.33. The number of hydrogen-bond donors (Lipinski definition) is 2. The van der Waals surface area contributed by atoms with Crippen LogP contribution in [0.25, 0.3) is 0 Å². The molecule has 0 saturated heterocycles. The number of aromatic hydroxyl groups is 1. The smallest absolute Gasteiger partial charge is 0.419 e. The van der Waals surface area contributed by atoms with E-state index in [9.17, 15) is 26.7 Å². The molecule has 0 aliphatic rings. The zero-order valence-corrected chi connectivity index (χ0v) is 14.8. The van der Waals surface area contributed by atoms with Gasteiger partial charge in [-0.3, -0.25) is 9.71 Å². The normalized spacial score (nSPS) is 11.8. The van der Waals surface area contributed by atoms with Crippen LogP contribution in [0.2, 0.25) is 0 Å². The molecule has 1 heterocycles. The first-order valence-electron chi connectivity index (χ1n) is 7.76. The van der Waals surface area contributed by atoms with Crippen molar-refractivity contribution in [1.82, 2.24) is 4.98 Å². The topological polar surface area (TPSA) is 88.5 Å². The lowest BCUT2D eigenvalue weighted by atomic mass is 10.2. The van der Waals surface area contributed by atoms with Crippen molar-refractivity contribution in [2.24, 2.45) is 0 Å². The van der Waals surface area contributed by atoms with Gasteiger partial charge in [0, 0.05) is 12.3 Å². The van der Waals surface area contributed by atoms with E-state index in [0.717, 1.165) is 6.07 Å². The van der Waals surface area contributed by atoms with Crippen molar-refractivity contribution in [3.05, 3.63) is 72.6 Å². The van der Waals surface area contributed by atoms with Crippen LogP contribution in [0.15, 0.2) is 71.9 Å². The minimum atomic E-state index is -4.74. The number of anilines is 1. The van der Waals surface area contributed by atoms with E-state index in [1.807, 2.05) is 0 Å². The molecule has 0 fully saturated rings. The molecule has 3 rings (SSSR count). The van der Waals surface area contributed by atoms with Crippen LogP contribution >= 0.6 is 0 Å². The lowest BCUT2D eigenvalue weighted by Gasteiger charge is -2.12. The number of nitrogens with zero attached hydrogens (tertiary/aromatic N) is 1. The Morgan fingerprint density at radius 1 is 1.00 bits per heavy atom. The Bertz CT molecular complexity index is 1070. The molecule has 0 atom stereocenters. The van der Waals surface area contributed by atoms with Gasteiger partial charge in [0.05, 0.1) is 22.3 Å². The van der Waals surface area contributed by atoms with Gasteiger partial charge in [0.1, 0.15) is 17.2 Å². The Kier molecular flexibility index (Phi) is 5.14. The van der Waals surface area contributed by atoms with Gasteiger partial charge >= 0.3 is 6.18 Å². The maximum atomic E-state index is 12.7. The fraction of sp³-hybridized carbons (Fsp3) is 0.0556. The number of aromatic nitrogens is 1. The first-order chi connectivity index (χ1) is 13.1. The molecule has 10 heteroatoms. The number of phenols is 1.